The van der Waals surface area contributed by atoms with E-state index in [4.69, 9.17) is 4.98 Å². The molecule has 0 aliphatic heterocycles. The molecule has 4 aromatic heterocycles. The predicted molar refractivity (Wildman–Crippen MR) is 147 cm³/mol. The molecule has 0 aliphatic rings. The second kappa shape index (κ2) is 10.1. The van der Waals surface area contributed by atoms with Gasteiger partial charge in [0.25, 0.3) is 0 Å². The number of aromatic nitrogens is 6. The molecule has 0 atom stereocenters. The van der Waals surface area contributed by atoms with E-state index < -0.39 is 0 Å². The van der Waals surface area contributed by atoms with Gasteiger partial charge in [-0.15, -0.1) is 6.07 Å². The molecule has 8 rings (SSSR count). The predicted octanol–water partition coefficient (Wildman–Crippen LogP) is 6.48. The second-order valence-corrected chi connectivity index (χ2v) is 8.56. The molecule has 0 amide bonds. The fourth-order valence-electron chi connectivity index (χ4n) is 4.63. The fourth-order valence-corrected chi connectivity index (χ4v) is 4.63. The summed E-state index contributed by atoms with van der Waals surface area (Å²) >= 11 is 0. The molecule has 0 unspecified atom stereocenters. The summed E-state index contributed by atoms with van der Waals surface area (Å²) in [5.74, 6) is 1.61. The van der Waals surface area contributed by atoms with Crippen LogP contribution < -0.4 is 4.98 Å². The van der Waals surface area contributed by atoms with Gasteiger partial charge in [-0.25, -0.2) is 4.98 Å². The van der Waals surface area contributed by atoms with Crippen molar-refractivity contribution in [3.63, 3.8) is 0 Å². The van der Waals surface area contributed by atoms with Crippen LogP contribution in [0.15, 0.2) is 121 Å². The zero-order valence-electron chi connectivity index (χ0n) is 20.1. The van der Waals surface area contributed by atoms with Gasteiger partial charge in [0, 0.05) is 26.3 Å². The van der Waals surface area contributed by atoms with Crippen LogP contribution in [0.3, 0.4) is 0 Å². The average Bonchev–Trinajstić information content (AvgIpc) is 3.65. The molecule has 4 heterocycles. The van der Waals surface area contributed by atoms with Crippen LogP contribution in [0.25, 0.3) is 56.1 Å². The Balaban J connectivity index is 0.000000145. The summed E-state index contributed by atoms with van der Waals surface area (Å²) in [6, 6.07) is 41.5. The van der Waals surface area contributed by atoms with Crippen LogP contribution in [0.1, 0.15) is 0 Å². The molecule has 0 fully saturated rings. The normalized spacial score (nSPS) is 10.9. The third kappa shape index (κ3) is 4.08. The zero-order chi connectivity index (χ0) is 24.6. The molecular formula is C31H20IrN6-2. The number of rotatable bonds is 2. The minimum atomic E-state index is 0. The van der Waals surface area contributed by atoms with Gasteiger partial charge in [0.2, 0.25) is 5.78 Å². The molecule has 185 valence electrons. The van der Waals surface area contributed by atoms with Gasteiger partial charge in [0.15, 0.2) is 0 Å². The van der Waals surface area contributed by atoms with Gasteiger partial charge in [-0.1, -0.05) is 60.3 Å². The van der Waals surface area contributed by atoms with Crippen LogP contribution in [0, 0.1) is 6.07 Å². The van der Waals surface area contributed by atoms with Gasteiger partial charge in [-0.2, -0.15) is 24.3 Å². The number of para-hydroxylation sites is 7. The Kier molecular flexibility index (Phi) is 6.30. The van der Waals surface area contributed by atoms with Gasteiger partial charge in [-0.3, -0.25) is 9.38 Å². The minimum absolute atomic E-state index is 0. The average molecular weight is 669 g/mol. The fraction of sp³-hybridized carbons (Fsp3) is 0. The Bertz CT molecular complexity index is 1950. The monoisotopic (exact) mass is 669 g/mol. The number of hydrogen-bond donors (Lipinski definition) is 0. The van der Waals surface area contributed by atoms with Crippen molar-refractivity contribution in [1.82, 2.24) is 28.9 Å². The van der Waals surface area contributed by atoms with Gasteiger partial charge in [-0.05, 0) is 53.3 Å². The number of nitrogens with zero attached hydrogens (tertiary/aromatic N) is 6. The molecular weight excluding hydrogens is 649 g/mol. The van der Waals surface area contributed by atoms with Crippen molar-refractivity contribution < 1.29 is 20.1 Å². The summed E-state index contributed by atoms with van der Waals surface area (Å²) in [5, 5.41) is 0. The van der Waals surface area contributed by atoms with Crippen molar-refractivity contribution in [2.75, 3.05) is 0 Å². The van der Waals surface area contributed by atoms with Crippen LogP contribution in [-0.4, -0.2) is 23.9 Å². The van der Waals surface area contributed by atoms with Crippen LogP contribution in [0.2, 0.25) is 0 Å². The SMILES string of the molecule is [Ir].[c-]1ccccc1-n1c2ccccc2n2c3ccccc3nc12.c1ccc(-c2nc3ccccc3[n-]2)nc1. The van der Waals surface area contributed by atoms with E-state index >= 15 is 0 Å². The van der Waals surface area contributed by atoms with Crippen molar-refractivity contribution in [2.45, 2.75) is 0 Å². The summed E-state index contributed by atoms with van der Waals surface area (Å²) in [7, 11) is 0. The van der Waals surface area contributed by atoms with E-state index in [1.165, 1.54) is 0 Å². The molecule has 7 heteroatoms. The summed E-state index contributed by atoms with van der Waals surface area (Å²) < 4.78 is 4.38. The van der Waals surface area contributed by atoms with E-state index in [9.17, 15) is 0 Å². The molecule has 0 saturated heterocycles. The molecule has 0 bridgehead atoms. The molecule has 1 radical (unpaired) electrons. The largest absolute Gasteiger partial charge is 0.434 e. The van der Waals surface area contributed by atoms with E-state index in [0.717, 1.165) is 50.3 Å². The Morgan fingerprint density at radius 1 is 0.632 bits per heavy atom. The maximum Gasteiger partial charge on any atom is 0.218 e. The first-order valence-corrected chi connectivity index (χ1v) is 12.0. The molecule has 0 spiro atoms. The van der Waals surface area contributed by atoms with E-state index in [1.54, 1.807) is 6.20 Å². The zero-order valence-corrected chi connectivity index (χ0v) is 22.5. The van der Waals surface area contributed by atoms with Crippen molar-refractivity contribution in [3.8, 4) is 17.2 Å². The summed E-state index contributed by atoms with van der Waals surface area (Å²) in [4.78, 5) is 17.9. The third-order valence-corrected chi connectivity index (χ3v) is 6.27. The van der Waals surface area contributed by atoms with Gasteiger partial charge in [0.05, 0.1) is 27.8 Å². The molecule has 0 aliphatic carbocycles. The quantitative estimate of drug-likeness (QED) is 0.198. The van der Waals surface area contributed by atoms with Crippen molar-refractivity contribution >= 4 is 38.9 Å². The summed E-state index contributed by atoms with van der Waals surface area (Å²) in [5.41, 5.74) is 8.08. The maximum atomic E-state index is 4.83. The van der Waals surface area contributed by atoms with Gasteiger partial charge < -0.3 is 14.5 Å². The maximum absolute atomic E-state index is 4.83. The van der Waals surface area contributed by atoms with E-state index in [0.29, 0.717) is 5.82 Å². The second-order valence-electron chi connectivity index (χ2n) is 8.56. The van der Waals surface area contributed by atoms with E-state index in [2.05, 4.69) is 78.5 Å². The van der Waals surface area contributed by atoms with E-state index in [1.807, 2.05) is 66.7 Å². The topological polar surface area (TPSA) is 62.1 Å². The van der Waals surface area contributed by atoms with Gasteiger partial charge >= 0.3 is 0 Å². The molecule has 8 aromatic rings. The number of pyridine rings is 1. The van der Waals surface area contributed by atoms with E-state index in [-0.39, 0.29) is 20.1 Å². The van der Waals surface area contributed by atoms with Crippen LogP contribution in [0.4, 0.5) is 0 Å². The molecule has 0 N–H and O–H groups in total. The molecule has 6 nitrogen and oxygen atoms in total. The first-order valence-electron chi connectivity index (χ1n) is 12.0. The van der Waals surface area contributed by atoms with Crippen molar-refractivity contribution in [3.05, 3.63) is 128 Å². The Morgan fingerprint density at radius 3 is 2.11 bits per heavy atom. The molecule has 4 aromatic carbocycles. The van der Waals surface area contributed by atoms with Gasteiger partial charge in [0.1, 0.15) is 0 Å². The van der Waals surface area contributed by atoms with Crippen molar-refractivity contribution in [2.24, 2.45) is 0 Å². The Morgan fingerprint density at radius 2 is 1.34 bits per heavy atom. The van der Waals surface area contributed by atoms with Crippen LogP contribution in [-0.2, 0) is 20.1 Å². The Hall–Kier alpha value is -4.58. The number of benzene rings is 4. The third-order valence-electron chi connectivity index (χ3n) is 6.27. The summed E-state index contributed by atoms with van der Waals surface area (Å²) in [6.45, 7) is 0. The smallest absolute Gasteiger partial charge is 0.218 e. The van der Waals surface area contributed by atoms with Crippen LogP contribution >= 0.6 is 0 Å². The number of imidazole rings is 3. The van der Waals surface area contributed by atoms with Crippen molar-refractivity contribution in [1.29, 1.82) is 0 Å². The number of hydrogen-bond acceptors (Lipinski definition) is 3. The number of fused-ring (bicyclic) bond motifs is 6. The first-order chi connectivity index (χ1) is 18.4. The molecule has 0 saturated carbocycles. The Labute approximate surface area is 232 Å². The first kappa shape index (κ1) is 23.8. The standard InChI is InChI=1S/C19H12N3.C12H8N3.Ir/c1-2-8-14(9-3-1)21-17-12-6-7-13-18(17)22-16-11-5-4-10-15(16)20-19(21)22;1-2-6-10-9(5-1)14-12(15-10)11-7-3-4-8-13-11;/h1-8,10-13H;1-8H;/q2*-1;. The van der Waals surface area contributed by atoms with Crippen LogP contribution in [0.5, 0.6) is 0 Å². The minimum Gasteiger partial charge on any atom is -0.434 e. The summed E-state index contributed by atoms with van der Waals surface area (Å²) in [6.07, 6.45) is 1.75. The molecule has 38 heavy (non-hydrogen) atoms.